The molecule has 0 radical (unpaired) electrons. The maximum atomic E-state index is 12.9. The second-order valence-corrected chi connectivity index (χ2v) is 6.45. The number of urea groups is 1. The van der Waals surface area contributed by atoms with Crippen LogP contribution in [-0.2, 0) is 16.3 Å². The highest BCUT2D eigenvalue weighted by Gasteiger charge is 2.04. The molecule has 0 spiro atoms. The summed E-state index contributed by atoms with van der Waals surface area (Å²) in [7, 11) is -3.07. The molecule has 2 amide bonds. The van der Waals surface area contributed by atoms with E-state index in [1.807, 2.05) is 0 Å². The number of sulfone groups is 1. The van der Waals surface area contributed by atoms with E-state index in [1.165, 1.54) is 12.1 Å². The quantitative estimate of drug-likeness (QED) is 0.809. The van der Waals surface area contributed by atoms with Crippen molar-refractivity contribution in [3.05, 3.63) is 35.6 Å². The highest BCUT2D eigenvalue weighted by Crippen LogP contribution is 2.03. The molecule has 0 atom stereocenters. The second-order valence-electron chi connectivity index (χ2n) is 4.19. The molecule has 0 bridgehead atoms. The Kier molecular flexibility index (Phi) is 5.75. The van der Waals surface area contributed by atoms with Gasteiger partial charge >= 0.3 is 6.03 Å². The monoisotopic (exact) mass is 288 g/mol. The minimum atomic E-state index is -3.07. The molecule has 1 aromatic carbocycles. The Morgan fingerprint density at radius 3 is 2.58 bits per heavy atom. The van der Waals surface area contributed by atoms with Crippen molar-refractivity contribution in [2.24, 2.45) is 0 Å². The lowest BCUT2D eigenvalue weighted by Gasteiger charge is -2.07. The average Bonchev–Trinajstić information content (AvgIpc) is 2.27. The summed E-state index contributed by atoms with van der Waals surface area (Å²) in [5.41, 5.74) is 0.788. The minimum Gasteiger partial charge on any atom is -0.338 e. The van der Waals surface area contributed by atoms with Gasteiger partial charge in [-0.3, -0.25) is 0 Å². The Bertz CT molecular complexity index is 532. The Morgan fingerprint density at radius 1 is 1.26 bits per heavy atom. The van der Waals surface area contributed by atoms with Crippen LogP contribution in [0.5, 0.6) is 0 Å². The number of hydrogen-bond donors (Lipinski definition) is 2. The number of amides is 2. The van der Waals surface area contributed by atoms with Gasteiger partial charge in [-0.05, 0) is 24.1 Å². The van der Waals surface area contributed by atoms with Gasteiger partial charge < -0.3 is 10.6 Å². The van der Waals surface area contributed by atoms with Gasteiger partial charge in [-0.1, -0.05) is 12.1 Å². The molecule has 0 fully saturated rings. The molecule has 0 saturated heterocycles. The molecule has 2 N–H and O–H groups in total. The first kappa shape index (κ1) is 15.4. The summed E-state index contributed by atoms with van der Waals surface area (Å²) >= 11 is 0. The highest BCUT2D eigenvalue weighted by atomic mass is 32.2. The minimum absolute atomic E-state index is 0.0740. The Morgan fingerprint density at radius 2 is 1.95 bits per heavy atom. The zero-order valence-corrected chi connectivity index (χ0v) is 11.5. The van der Waals surface area contributed by atoms with Crippen LogP contribution in [0.1, 0.15) is 5.56 Å². The van der Waals surface area contributed by atoms with Gasteiger partial charge in [0.1, 0.15) is 15.7 Å². The third-order valence-corrected chi connectivity index (χ3v) is 3.29. The van der Waals surface area contributed by atoms with Crippen LogP contribution < -0.4 is 10.6 Å². The molecule has 0 aromatic heterocycles. The molecule has 5 nitrogen and oxygen atoms in total. The van der Waals surface area contributed by atoms with E-state index in [-0.39, 0.29) is 18.1 Å². The molecular formula is C12H17FN2O3S. The van der Waals surface area contributed by atoms with Crippen LogP contribution in [0.2, 0.25) is 0 Å². The lowest BCUT2D eigenvalue weighted by molar-refractivity contribution is 0.241. The van der Waals surface area contributed by atoms with Crippen molar-refractivity contribution < 1.29 is 17.6 Å². The predicted octanol–water partition coefficient (Wildman–Crippen LogP) is 0.712. The Labute approximate surface area is 112 Å². The van der Waals surface area contributed by atoms with Crippen LogP contribution in [0.4, 0.5) is 9.18 Å². The second kappa shape index (κ2) is 7.08. The van der Waals surface area contributed by atoms with E-state index in [2.05, 4.69) is 10.6 Å². The van der Waals surface area contributed by atoms with Crippen LogP contribution in [0.3, 0.4) is 0 Å². The normalized spacial score (nSPS) is 11.1. The number of benzene rings is 1. The zero-order valence-electron chi connectivity index (χ0n) is 10.6. The molecule has 0 aliphatic heterocycles. The zero-order chi connectivity index (χ0) is 14.3. The van der Waals surface area contributed by atoms with E-state index in [0.717, 1.165) is 11.8 Å². The molecule has 7 heteroatoms. The molecular weight excluding hydrogens is 271 g/mol. The van der Waals surface area contributed by atoms with Gasteiger partial charge in [0.15, 0.2) is 0 Å². The van der Waals surface area contributed by atoms with Gasteiger partial charge in [0.05, 0.1) is 5.75 Å². The van der Waals surface area contributed by atoms with E-state index in [9.17, 15) is 17.6 Å². The summed E-state index contributed by atoms with van der Waals surface area (Å²) in [6.07, 6.45) is 1.62. The van der Waals surface area contributed by atoms with E-state index in [4.69, 9.17) is 0 Å². The molecule has 1 aromatic rings. The maximum Gasteiger partial charge on any atom is 0.314 e. The van der Waals surface area contributed by atoms with Crippen LogP contribution in [0, 0.1) is 5.82 Å². The standard InChI is InChI=1S/C12H17FN2O3S/c1-19(17,18)8-7-15-12(16)14-6-5-10-3-2-4-11(13)9-10/h2-4,9H,5-8H2,1H3,(H2,14,15,16). The van der Waals surface area contributed by atoms with Crippen molar-refractivity contribution in [3.63, 3.8) is 0 Å². The summed E-state index contributed by atoms with van der Waals surface area (Å²) in [5.74, 6) is -0.403. The molecule has 19 heavy (non-hydrogen) atoms. The summed E-state index contributed by atoms with van der Waals surface area (Å²) < 4.78 is 34.5. The van der Waals surface area contributed by atoms with Crippen molar-refractivity contribution in [1.82, 2.24) is 10.6 Å². The van der Waals surface area contributed by atoms with Gasteiger partial charge in [-0.25, -0.2) is 17.6 Å². The molecule has 1 rings (SSSR count). The van der Waals surface area contributed by atoms with Crippen LogP contribution in [-0.4, -0.2) is 39.5 Å². The fraction of sp³-hybridized carbons (Fsp3) is 0.417. The predicted molar refractivity (Wildman–Crippen MR) is 71.2 cm³/mol. The summed E-state index contributed by atoms with van der Waals surface area (Å²) in [6.45, 7) is 0.429. The van der Waals surface area contributed by atoms with Crippen molar-refractivity contribution in [3.8, 4) is 0 Å². The van der Waals surface area contributed by atoms with Crippen molar-refractivity contribution in [2.45, 2.75) is 6.42 Å². The van der Waals surface area contributed by atoms with Crippen LogP contribution in [0.25, 0.3) is 0 Å². The molecule has 0 aliphatic rings. The average molecular weight is 288 g/mol. The fourth-order valence-electron chi connectivity index (χ4n) is 1.43. The van der Waals surface area contributed by atoms with E-state index in [0.29, 0.717) is 13.0 Å². The van der Waals surface area contributed by atoms with Crippen LogP contribution in [0.15, 0.2) is 24.3 Å². The summed E-state index contributed by atoms with van der Waals surface area (Å²) in [5, 5.41) is 5.00. The first-order chi connectivity index (χ1) is 8.87. The number of hydrogen-bond acceptors (Lipinski definition) is 3. The number of carbonyl (C=O) groups is 1. The lowest BCUT2D eigenvalue weighted by Crippen LogP contribution is -2.38. The van der Waals surface area contributed by atoms with E-state index in [1.54, 1.807) is 12.1 Å². The van der Waals surface area contributed by atoms with E-state index < -0.39 is 15.9 Å². The number of rotatable bonds is 6. The Hall–Kier alpha value is -1.63. The molecule has 0 heterocycles. The van der Waals surface area contributed by atoms with Gasteiger partial charge in [0, 0.05) is 19.3 Å². The maximum absolute atomic E-state index is 12.9. The largest absolute Gasteiger partial charge is 0.338 e. The lowest BCUT2D eigenvalue weighted by atomic mass is 10.1. The number of halogens is 1. The van der Waals surface area contributed by atoms with E-state index >= 15 is 0 Å². The Balaban J connectivity index is 2.20. The van der Waals surface area contributed by atoms with Crippen molar-refractivity contribution in [2.75, 3.05) is 25.1 Å². The topological polar surface area (TPSA) is 75.3 Å². The van der Waals surface area contributed by atoms with Gasteiger partial charge in [-0.2, -0.15) is 0 Å². The summed E-state index contributed by atoms with van der Waals surface area (Å²) in [6, 6.07) is 5.71. The molecule has 0 saturated carbocycles. The first-order valence-corrected chi connectivity index (χ1v) is 7.87. The molecule has 0 aliphatic carbocycles. The fourth-order valence-corrected chi connectivity index (χ4v) is 1.90. The first-order valence-electron chi connectivity index (χ1n) is 5.81. The smallest absolute Gasteiger partial charge is 0.314 e. The highest BCUT2D eigenvalue weighted by molar-refractivity contribution is 7.90. The number of carbonyl (C=O) groups excluding carboxylic acids is 1. The van der Waals surface area contributed by atoms with Gasteiger partial charge in [0.25, 0.3) is 0 Å². The third-order valence-electron chi connectivity index (χ3n) is 2.35. The van der Waals surface area contributed by atoms with Crippen molar-refractivity contribution >= 4 is 15.9 Å². The van der Waals surface area contributed by atoms with Gasteiger partial charge in [-0.15, -0.1) is 0 Å². The third kappa shape index (κ3) is 7.40. The van der Waals surface area contributed by atoms with Crippen LogP contribution >= 0.6 is 0 Å². The SMILES string of the molecule is CS(=O)(=O)CCNC(=O)NCCc1cccc(F)c1. The van der Waals surface area contributed by atoms with Gasteiger partial charge in [0.2, 0.25) is 0 Å². The van der Waals surface area contributed by atoms with Crippen molar-refractivity contribution in [1.29, 1.82) is 0 Å². The molecule has 106 valence electrons. The number of nitrogens with one attached hydrogen (secondary N) is 2. The summed E-state index contributed by atoms with van der Waals surface area (Å²) in [4.78, 5) is 11.3. The molecule has 0 unspecified atom stereocenters.